The Morgan fingerprint density at radius 1 is 1.12 bits per heavy atom. The maximum atomic E-state index is 12.6. The number of ether oxygens (including phenoxy) is 1. The second-order valence-corrected chi connectivity index (χ2v) is 5.51. The van der Waals surface area contributed by atoms with Crippen LogP contribution in [0.4, 0.5) is 0 Å². The number of aliphatic hydroxyl groups is 3. The highest BCUT2D eigenvalue weighted by Gasteiger charge is 2.43. The predicted molar refractivity (Wildman–Crippen MR) is 81.3 cm³/mol. The molecule has 1 aliphatic rings. The monoisotopic (exact) mass is 335 g/mol. The normalized spacial score (nSPS) is 26.6. The molecule has 9 nitrogen and oxygen atoms in total. The van der Waals surface area contributed by atoms with Crippen LogP contribution in [0.5, 0.6) is 0 Å². The molecule has 0 unspecified atom stereocenters. The van der Waals surface area contributed by atoms with Crippen molar-refractivity contribution in [1.29, 1.82) is 0 Å². The van der Waals surface area contributed by atoms with Gasteiger partial charge in [0.25, 0.3) is 5.56 Å². The van der Waals surface area contributed by atoms with Crippen molar-refractivity contribution < 1.29 is 20.1 Å². The van der Waals surface area contributed by atoms with Crippen LogP contribution in [0.2, 0.25) is 0 Å². The van der Waals surface area contributed by atoms with Crippen molar-refractivity contribution in [1.82, 2.24) is 14.1 Å². The van der Waals surface area contributed by atoms with E-state index < -0.39 is 42.4 Å². The SMILES string of the molecule is O=c1ccn([C@@H]2O[C@H](CO)[C@@H](O)[C@H]2O)c(=O)n1Cc1ccncc1. The summed E-state index contributed by atoms with van der Waals surface area (Å²) in [5.41, 5.74) is -0.475. The van der Waals surface area contributed by atoms with E-state index in [2.05, 4.69) is 4.98 Å². The molecule has 9 heteroatoms. The van der Waals surface area contributed by atoms with Crippen LogP contribution in [-0.2, 0) is 11.3 Å². The minimum absolute atomic E-state index is 0.0375. The lowest BCUT2D eigenvalue weighted by atomic mass is 10.1. The van der Waals surface area contributed by atoms with E-state index in [1.54, 1.807) is 24.5 Å². The molecule has 0 saturated carbocycles. The fraction of sp³-hybridized carbons (Fsp3) is 0.400. The van der Waals surface area contributed by atoms with Gasteiger partial charge in [-0.2, -0.15) is 0 Å². The number of pyridine rings is 1. The minimum atomic E-state index is -1.40. The molecular formula is C15H17N3O6. The summed E-state index contributed by atoms with van der Waals surface area (Å²) in [6, 6.07) is 4.53. The lowest BCUT2D eigenvalue weighted by Crippen LogP contribution is -2.43. The van der Waals surface area contributed by atoms with Gasteiger partial charge in [-0.1, -0.05) is 0 Å². The number of hydrogen-bond donors (Lipinski definition) is 3. The van der Waals surface area contributed by atoms with Crippen LogP contribution in [0.3, 0.4) is 0 Å². The molecule has 128 valence electrons. The van der Waals surface area contributed by atoms with Crippen LogP contribution in [0, 0.1) is 0 Å². The molecule has 2 aromatic heterocycles. The average Bonchev–Trinajstić information content (AvgIpc) is 2.88. The van der Waals surface area contributed by atoms with Gasteiger partial charge in [-0.05, 0) is 17.7 Å². The zero-order valence-electron chi connectivity index (χ0n) is 12.6. The van der Waals surface area contributed by atoms with Gasteiger partial charge < -0.3 is 20.1 Å². The third kappa shape index (κ3) is 2.89. The molecule has 0 radical (unpaired) electrons. The van der Waals surface area contributed by atoms with E-state index in [0.29, 0.717) is 5.56 Å². The van der Waals surface area contributed by atoms with Crippen molar-refractivity contribution in [3.63, 3.8) is 0 Å². The maximum absolute atomic E-state index is 12.6. The zero-order chi connectivity index (χ0) is 17.3. The molecule has 3 heterocycles. The van der Waals surface area contributed by atoms with E-state index in [-0.39, 0.29) is 6.54 Å². The summed E-state index contributed by atoms with van der Waals surface area (Å²) in [6.07, 6.45) is -0.610. The quantitative estimate of drug-likeness (QED) is 0.593. The van der Waals surface area contributed by atoms with E-state index >= 15 is 0 Å². The number of nitrogens with zero attached hydrogens (tertiary/aromatic N) is 3. The molecule has 0 amide bonds. The summed E-state index contributed by atoms with van der Waals surface area (Å²) >= 11 is 0. The Morgan fingerprint density at radius 2 is 1.83 bits per heavy atom. The van der Waals surface area contributed by atoms with E-state index in [4.69, 9.17) is 9.84 Å². The maximum Gasteiger partial charge on any atom is 0.333 e. The first-order valence-electron chi connectivity index (χ1n) is 7.36. The smallest absolute Gasteiger partial charge is 0.333 e. The highest BCUT2D eigenvalue weighted by Crippen LogP contribution is 2.27. The highest BCUT2D eigenvalue weighted by atomic mass is 16.6. The molecule has 0 aliphatic carbocycles. The minimum Gasteiger partial charge on any atom is -0.394 e. The van der Waals surface area contributed by atoms with Gasteiger partial charge in [0.05, 0.1) is 13.2 Å². The fourth-order valence-corrected chi connectivity index (χ4v) is 2.65. The summed E-state index contributed by atoms with van der Waals surface area (Å²) in [7, 11) is 0. The molecule has 24 heavy (non-hydrogen) atoms. The average molecular weight is 335 g/mol. The van der Waals surface area contributed by atoms with Crippen LogP contribution in [0.15, 0.2) is 46.4 Å². The van der Waals surface area contributed by atoms with E-state index in [0.717, 1.165) is 9.13 Å². The first-order valence-corrected chi connectivity index (χ1v) is 7.36. The fourth-order valence-electron chi connectivity index (χ4n) is 2.65. The van der Waals surface area contributed by atoms with Crippen LogP contribution < -0.4 is 11.2 Å². The van der Waals surface area contributed by atoms with E-state index in [1.807, 2.05) is 0 Å². The Kier molecular flexibility index (Phi) is 4.58. The Labute approximate surface area is 136 Å². The molecule has 1 fully saturated rings. The molecule has 3 rings (SSSR count). The summed E-state index contributed by atoms with van der Waals surface area (Å²) < 4.78 is 7.36. The molecule has 1 saturated heterocycles. The van der Waals surface area contributed by atoms with Crippen molar-refractivity contribution >= 4 is 0 Å². The Balaban J connectivity index is 1.98. The molecule has 0 bridgehead atoms. The molecule has 0 aromatic carbocycles. The van der Waals surface area contributed by atoms with Crippen molar-refractivity contribution in [2.24, 2.45) is 0 Å². The zero-order valence-corrected chi connectivity index (χ0v) is 12.6. The highest BCUT2D eigenvalue weighted by molar-refractivity contribution is 5.10. The summed E-state index contributed by atoms with van der Waals surface area (Å²) in [5, 5.41) is 29.0. The standard InChI is InChI=1S/C15H17N3O6/c19-8-10-12(21)13(22)14(24-10)17-6-3-11(20)18(15(17)23)7-9-1-4-16-5-2-9/h1-6,10,12-14,19,21-22H,7-8H2/t10-,12-,13-,14-/m1/s1. The van der Waals surface area contributed by atoms with Gasteiger partial charge in [0.1, 0.15) is 18.3 Å². The first-order chi connectivity index (χ1) is 11.5. The Hall–Kier alpha value is -2.33. The number of aliphatic hydroxyl groups excluding tert-OH is 3. The summed E-state index contributed by atoms with van der Waals surface area (Å²) in [6.45, 7) is -0.462. The molecule has 3 N–H and O–H groups in total. The van der Waals surface area contributed by atoms with Gasteiger partial charge >= 0.3 is 5.69 Å². The summed E-state index contributed by atoms with van der Waals surface area (Å²) in [4.78, 5) is 28.5. The third-order valence-corrected chi connectivity index (χ3v) is 3.98. The second kappa shape index (κ2) is 6.65. The topological polar surface area (TPSA) is 127 Å². The largest absolute Gasteiger partial charge is 0.394 e. The number of hydrogen-bond acceptors (Lipinski definition) is 7. The molecule has 4 atom stereocenters. The third-order valence-electron chi connectivity index (χ3n) is 3.98. The van der Waals surface area contributed by atoms with E-state index in [1.165, 1.54) is 12.3 Å². The van der Waals surface area contributed by atoms with Gasteiger partial charge in [-0.3, -0.25) is 18.9 Å². The first kappa shape index (κ1) is 16.5. The predicted octanol–water partition coefficient (Wildman–Crippen LogP) is -1.94. The molecular weight excluding hydrogens is 318 g/mol. The van der Waals surface area contributed by atoms with Crippen molar-refractivity contribution in [3.8, 4) is 0 Å². The molecule has 2 aromatic rings. The van der Waals surface area contributed by atoms with Crippen LogP contribution in [0.25, 0.3) is 0 Å². The van der Waals surface area contributed by atoms with Crippen LogP contribution >= 0.6 is 0 Å². The van der Waals surface area contributed by atoms with Gasteiger partial charge in [0.2, 0.25) is 0 Å². The molecule has 0 spiro atoms. The van der Waals surface area contributed by atoms with Crippen molar-refractivity contribution in [2.75, 3.05) is 6.61 Å². The lowest BCUT2D eigenvalue weighted by Gasteiger charge is -2.18. The Morgan fingerprint density at radius 3 is 2.46 bits per heavy atom. The van der Waals surface area contributed by atoms with Crippen molar-refractivity contribution in [3.05, 3.63) is 63.2 Å². The van der Waals surface area contributed by atoms with Crippen LogP contribution in [0.1, 0.15) is 11.8 Å². The Bertz CT molecular complexity index is 818. The van der Waals surface area contributed by atoms with Crippen molar-refractivity contribution in [2.45, 2.75) is 31.1 Å². The van der Waals surface area contributed by atoms with Gasteiger partial charge in [-0.15, -0.1) is 0 Å². The van der Waals surface area contributed by atoms with Gasteiger partial charge in [-0.25, -0.2) is 4.79 Å². The van der Waals surface area contributed by atoms with Gasteiger partial charge in [0, 0.05) is 24.7 Å². The van der Waals surface area contributed by atoms with Crippen LogP contribution in [-0.4, -0.2) is 54.4 Å². The number of rotatable bonds is 4. The molecule has 1 aliphatic heterocycles. The van der Waals surface area contributed by atoms with Gasteiger partial charge in [0.15, 0.2) is 6.23 Å². The van der Waals surface area contributed by atoms with E-state index in [9.17, 15) is 19.8 Å². The summed E-state index contributed by atoms with van der Waals surface area (Å²) in [5.74, 6) is 0. The lowest BCUT2D eigenvalue weighted by molar-refractivity contribution is -0.0555. The second-order valence-electron chi connectivity index (χ2n) is 5.51. The number of aromatic nitrogens is 3.